The van der Waals surface area contributed by atoms with E-state index in [9.17, 15) is 9.18 Å². The molecule has 0 radical (unpaired) electrons. The molecule has 1 amide bonds. The molecule has 1 heterocycles. The van der Waals surface area contributed by atoms with Crippen LogP contribution in [0.15, 0.2) is 72.8 Å². The molecule has 3 aromatic carbocycles. The van der Waals surface area contributed by atoms with Gasteiger partial charge in [-0.15, -0.1) is 0 Å². The molecule has 0 fully saturated rings. The van der Waals surface area contributed by atoms with Crippen LogP contribution < -0.4 is 10.1 Å². The van der Waals surface area contributed by atoms with Crippen LogP contribution in [0.1, 0.15) is 15.9 Å². The summed E-state index contributed by atoms with van der Waals surface area (Å²) in [6.45, 7) is 1.76. The van der Waals surface area contributed by atoms with E-state index in [4.69, 9.17) is 9.72 Å². The molecule has 4 aromatic rings. The van der Waals surface area contributed by atoms with Gasteiger partial charge in [-0.2, -0.15) is 0 Å². The Morgan fingerprint density at radius 2 is 1.76 bits per heavy atom. The summed E-state index contributed by atoms with van der Waals surface area (Å²) in [6, 6.07) is 21.1. The molecular formula is C24H19FN2O2. The average Bonchev–Trinajstić information content (AvgIpc) is 2.75. The third-order valence-electron chi connectivity index (χ3n) is 4.78. The first-order chi connectivity index (χ1) is 14.0. The Morgan fingerprint density at radius 3 is 2.48 bits per heavy atom. The molecule has 29 heavy (non-hydrogen) atoms. The molecule has 0 bridgehead atoms. The highest BCUT2D eigenvalue weighted by molar-refractivity contribution is 6.13. The Kier molecular flexibility index (Phi) is 4.96. The van der Waals surface area contributed by atoms with Crippen molar-refractivity contribution in [3.05, 3.63) is 89.7 Å². The first-order valence-corrected chi connectivity index (χ1v) is 9.17. The number of carbonyl (C=O) groups excluding carboxylic acids is 1. The number of aryl methyl sites for hydroxylation is 1. The number of pyridine rings is 1. The molecule has 0 aliphatic rings. The molecule has 0 saturated heterocycles. The van der Waals surface area contributed by atoms with Gasteiger partial charge in [0.15, 0.2) is 0 Å². The van der Waals surface area contributed by atoms with Crippen LogP contribution in [0.2, 0.25) is 0 Å². The van der Waals surface area contributed by atoms with Crippen LogP contribution in [-0.2, 0) is 0 Å². The number of hydrogen-bond donors (Lipinski definition) is 1. The Balaban J connectivity index is 1.78. The van der Waals surface area contributed by atoms with Gasteiger partial charge in [0.1, 0.15) is 11.6 Å². The maximum Gasteiger partial charge on any atom is 0.256 e. The zero-order valence-corrected chi connectivity index (χ0v) is 16.1. The first kappa shape index (κ1) is 18.6. The quantitative estimate of drug-likeness (QED) is 0.496. The molecule has 4 nitrogen and oxygen atoms in total. The van der Waals surface area contributed by atoms with Crippen molar-refractivity contribution < 1.29 is 13.9 Å². The van der Waals surface area contributed by atoms with Crippen LogP contribution in [0.3, 0.4) is 0 Å². The Bertz CT molecular complexity index is 1200. The summed E-state index contributed by atoms with van der Waals surface area (Å²) in [5, 5.41) is 3.64. The largest absolute Gasteiger partial charge is 0.497 e. The predicted octanol–water partition coefficient (Wildman–Crippen LogP) is 5.61. The maximum absolute atomic E-state index is 13.4. The number of benzene rings is 3. The van der Waals surface area contributed by atoms with Gasteiger partial charge in [-0.25, -0.2) is 9.37 Å². The number of aromatic nitrogens is 1. The third kappa shape index (κ3) is 3.80. The zero-order valence-electron chi connectivity index (χ0n) is 16.1. The average molecular weight is 386 g/mol. The molecule has 144 valence electrons. The number of anilines is 1. The van der Waals surface area contributed by atoms with E-state index in [0.29, 0.717) is 22.5 Å². The van der Waals surface area contributed by atoms with E-state index in [1.54, 1.807) is 26.2 Å². The summed E-state index contributed by atoms with van der Waals surface area (Å²) in [7, 11) is 1.61. The zero-order chi connectivity index (χ0) is 20.4. The Morgan fingerprint density at radius 1 is 1.00 bits per heavy atom. The van der Waals surface area contributed by atoms with Gasteiger partial charge >= 0.3 is 0 Å². The van der Waals surface area contributed by atoms with Gasteiger partial charge in [0.25, 0.3) is 5.91 Å². The number of hydrogen-bond acceptors (Lipinski definition) is 3. The van der Waals surface area contributed by atoms with Gasteiger partial charge in [-0.05, 0) is 67.1 Å². The van der Waals surface area contributed by atoms with Crippen molar-refractivity contribution in [1.29, 1.82) is 0 Å². The lowest BCUT2D eigenvalue weighted by Gasteiger charge is -2.12. The van der Waals surface area contributed by atoms with E-state index in [-0.39, 0.29) is 11.7 Å². The molecule has 4 rings (SSSR count). The van der Waals surface area contributed by atoms with Crippen molar-refractivity contribution in [2.45, 2.75) is 6.92 Å². The summed E-state index contributed by atoms with van der Waals surface area (Å²) < 4.78 is 18.6. The highest BCUT2D eigenvalue weighted by Gasteiger charge is 2.15. The molecular weight excluding hydrogens is 367 g/mol. The molecule has 0 aliphatic heterocycles. The fourth-order valence-electron chi connectivity index (χ4n) is 3.23. The lowest BCUT2D eigenvalue weighted by molar-refractivity contribution is 0.102. The van der Waals surface area contributed by atoms with Gasteiger partial charge in [0.2, 0.25) is 0 Å². The minimum absolute atomic E-state index is 0.270. The number of halogens is 1. The highest BCUT2D eigenvalue weighted by atomic mass is 19.1. The Labute approximate surface area is 168 Å². The second-order valence-corrected chi connectivity index (χ2v) is 6.71. The van der Waals surface area contributed by atoms with Gasteiger partial charge in [-0.1, -0.05) is 18.2 Å². The van der Waals surface area contributed by atoms with Gasteiger partial charge in [0, 0.05) is 16.6 Å². The van der Waals surface area contributed by atoms with Gasteiger partial charge < -0.3 is 10.1 Å². The molecule has 0 unspecified atom stereocenters. The molecule has 0 spiro atoms. The second kappa shape index (κ2) is 7.72. The van der Waals surface area contributed by atoms with E-state index in [0.717, 1.165) is 22.2 Å². The Hall–Kier alpha value is -3.73. The summed E-state index contributed by atoms with van der Waals surface area (Å²) in [5.41, 5.74) is 4.03. The number of ether oxygens (including phenoxy) is 1. The lowest BCUT2D eigenvalue weighted by Crippen LogP contribution is -2.14. The predicted molar refractivity (Wildman–Crippen MR) is 113 cm³/mol. The van der Waals surface area contributed by atoms with Gasteiger partial charge in [0.05, 0.1) is 23.9 Å². The maximum atomic E-state index is 13.4. The monoisotopic (exact) mass is 386 g/mol. The van der Waals surface area contributed by atoms with Crippen molar-refractivity contribution in [2.24, 2.45) is 0 Å². The smallest absolute Gasteiger partial charge is 0.256 e. The molecule has 0 aliphatic carbocycles. The number of methoxy groups -OCH3 is 1. The first-order valence-electron chi connectivity index (χ1n) is 9.17. The van der Waals surface area contributed by atoms with Crippen molar-refractivity contribution in [3.8, 4) is 17.0 Å². The molecule has 1 aromatic heterocycles. The van der Waals surface area contributed by atoms with Crippen molar-refractivity contribution in [1.82, 2.24) is 4.98 Å². The number of rotatable bonds is 4. The summed E-state index contributed by atoms with van der Waals surface area (Å²) >= 11 is 0. The number of amides is 1. The van der Waals surface area contributed by atoms with E-state index >= 15 is 0 Å². The van der Waals surface area contributed by atoms with Crippen molar-refractivity contribution in [3.63, 3.8) is 0 Å². The fourth-order valence-corrected chi connectivity index (χ4v) is 3.23. The van der Waals surface area contributed by atoms with Crippen LogP contribution in [-0.4, -0.2) is 18.0 Å². The summed E-state index contributed by atoms with van der Waals surface area (Å²) in [6.07, 6.45) is 0. The second-order valence-electron chi connectivity index (χ2n) is 6.71. The van der Waals surface area contributed by atoms with Crippen LogP contribution in [0, 0.1) is 12.7 Å². The lowest BCUT2D eigenvalue weighted by atomic mass is 10.0. The topological polar surface area (TPSA) is 51.2 Å². The third-order valence-corrected chi connectivity index (χ3v) is 4.78. The number of fused-ring (bicyclic) bond motifs is 1. The summed E-state index contributed by atoms with van der Waals surface area (Å²) in [4.78, 5) is 17.8. The summed E-state index contributed by atoms with van der Waals surface area (Å²) in [5.74, 6) is 0.143. The number of carbonyl (C=O) groups is 1. The van der Waals surface area contributed by atoms with Crippen LogP contribution in [0.4, 0.5) is 10.1 Å². The minimum atomic E-state index is -0.336. The highest BCUT2D eigenvalue weighted by Crippen LogP contribution is 2.27. The molecule has 0 atom stereocenters. The normalized spacial score (nSPS) is 10.7. The molecule has 1 N–H and O–H groups in total. The van der Waals surface area contributed by atoms with Crippen LogP contribution >= 0.6 is 0 Å². The van der Waals surface area contributed by atoms with E-state index in [1.165, 1.54) is 12.1 Å². The molecule has 0 saturated carbocycles. The fraction of sp³-hybridized carbons (Fsp3) is 0.0833. The van der Waals surface area contributed by atoms with Gasteiger partial charge in [-0.3, -0.25) is 4.79 Å². The van der Waals surface area contributed by atoms with Crippen LogP contribution in [0.25, 0.3) is 22.2 Å². The number of nitrogens with zero attached hydrogens (tertiary/aromatic N) is 1. The minimum Gasteiger partial charge on any atom is -0.497 e. The number of nitrogens with one attached hydrogen (secondary N) is 1. The van der Waals surface area contributed by atoms with E-state index in [1.807, 2.05) is 48.5 Å². The SMILES string of the molecule is COc1ccc(-c2cc(C(=O)Nc3ccc(F)cc3C)c3ccccc3n2)cc1. The number of para-hydroxylation sites is 1. The van der Waals surface area contributed by atoms with Crippen molar-refractivity contribution in [2.75, 3.05) is 12.4 Å². The van der Waals surface area contributed by atoms with E-state index in [2.05, 4.69) is 5.32 Å². The van der Waals surface area contributed by atoms with Crippen molar-refractivity contribution >= 4 is 22.5 Å². The molecule has 5 heteroatoms. The van der Waals surface area contributed by atoms with E-state index < -0.39 is 0 Å². The van der Waals surface area contributed by atoms with Crippen LogP contribution in [0.5, 0.6) is 5.75 Å². The standard InChI is InChI=1S/C24H19FN2O2/c1-15-13-17(25)9-12-21(15)27-24(28)20-14-23(16-7-10-18(29-2)11-8-16)26-22-6-4-3-5-19(20)22/h3-14H,1-2H3,(H,27,28).